The quantitative estimate of drug-likeness (QED) is 0.180. The number of unbranched alkanes of at least 4 members (excludes halogenated alkanes) is 2. The van der Waals surface area contributed by atoms with Crippen LogP contribution in [0.1, 0.15) is 44.9 Å². The normalized spacial score (nSPS) is 11.0. The van der Waals surface area contributed by atoms with Crippen LogP contribution in [0, 0.1) is 0 Å². The Labute approximate surface area is 192 Å². The van der Waals surface area contributed by atoms with E-state index in [1.54, 1.807) is 0 Å². The number of ketones is 2. The summed E-state index contributed by atoms with van der Waals surface area (Å²) >= 11 is 0. The highest BCUT2D eigenvalue weighted by Gasteiger charge is 2.26. The van der Waals surface area contributed by atoms with E-state index in [1.807, 2.05) is 0 Å². The largest absolute Gasteiger partial charge is 0.379 e. The molecule has 0 aromatic rings. The van der Waals surface area contributed by atoms with Crippen molar-refractivity contribution in [3.05, 3.63) is 38.0 Å². The molecule has 0 aromatic carbocycles. The maximum atomic E-state index is 11.2. The van der Waals surface area contributed by atoms with Gasteiger partial charge in [0.2, 0.25) is 5.91 Å². The van der Waals surface area contributed by atoms with Crippen LogP contribution < -0.4 is 11.1 Å². The van der Waals surface area contributed by atoms with E-state index in [-0.39, 0.29) is 37.3 Å². The predicted molar refractivity (Wildman–Crippen MR) is 125 cm³/mol. The molecule has 0 saturated heterocycles. The second-order valence-electron chi connectivity index (χ2n) is 7.62. The standard InChI is InChI=1S/C24H40N2O6/c1-4-21(27)12-7-9-15-30-18-24(25,19-31-16-10-8-13-22(28)5-2)20-32-17-11-14-26-23(29)6-3/h4-6H,1-3,7-20,25H2,(H,26,29). The number of ether oxygens (including phenoxy) is 3. The molecule has 0 radical (unpaired) electrons. The molecule has 8 nitrogen and oxygen atoms in total. The summed E-state index contributed by atoms with van der Waals surface area (Å²) in [6.07, 6.45) is 8.41. The molecule has 0 rings (SSSR count). The zero-order chi connectivity index (χ0) is 24.1. The van der Waals surface area contributed by atoms with Crippen LogP contribution in [0.5, 0.6) is 0 Å². The highest BCUT2D eigenvalue weighted by molar-refractivity contribution is 5.89. The molecule has 1 amide bonds. The third-order valence-corrected chi connectivity index (χ3v) is 4.50. The minimum absolute atomic E-state index is 0.0269. The van der Waals surface area contributed by atoms with E-state index < -0.39 is 5.54 Å². The van der Waals surface area contributed by atoms with E-state index in [0.29, 0.717) is 45.6 Å². The second-order valence-corrected chi connectivity index (χ2v) is 7.62. The minimum atomic E-state index is -0.821. The number of allylic oxidation sites excluding steroid dienone is 2. The Bertz CT molecular complexity index is 512. The lowest BCUT2D eigenvalue weighted by Gasteiger charge is -2.29. The van der Waals surface area contributed by atoms with Gasteiger partial charge in [0, 0.05) is 39.2 Å². The number of amides is 1. The fourth-order valence-corrected chi connectivity index (χ4v) is 2.62. The molecule has 182 valence electrons. The molecule has 0 unspecified atom stereocenters. The molecule has 0 fully saturated rings. The van der Waals surface area contributed by atoms with E-state index in [0.717, 1.165) is 25.7 Å². The van der Waals surface area contributed by atoms with Crippen molar-refractivity contribution in [3.8, 4) is 0 Å². The summed E-state index contributed by atoms with van der Waals surface area (Å²) in [5.41, 5.74) is 5.64. The van der Waals surface area contributed by atoms with E-state index in [4.69, 9.17) is 19.9 Å². The Morgan fingerprint density at radius 1 is 0.719 bits per heavy atom. The van der Waals surface area contributed by atoms with Crippen molar-refractivity contribution in [3.63, 3.8) is 0 Å². The Morgan fingerprint density at radius 3 is 1.56 bits per heavy atom. The molecule has 3 N–H and O–H groups in total. The summed E-state index contributed by atoms with van der Waals surface area (Å²) in [5.74, 6) is -0.164. The third kappa shape index (κ3) is 17.5. The van der Waals surface area contributed by atoms with Crippen LogP contribution in [-0.4, -0.2) is 69.2 Å². The van der Waals surface area contributed by atoms with Crippen molar-refractivity contribution < 1.29 is 28.6 Å². The first-order chi connectivity index (χ1) is 15.4. The number of hydrogen-bond donors (Lipinski definition) is 2. The molecule has 0 aliphatic heterocycles. The maximum Gasteiger partial charge on any atom is 0.243 e. The minimum Gasteiger partial charge on any atom is -0.379 e. The van der Waals surface area contributed by atoms with E-state index in [1.165, 1.54) is 18.2 Å². The monoisotopic (exact) mass is 452 g/mol. The average molecular weight is 453 g/mol. The van der Waals surface area contributed by atoms with Gasteiger partial charge in [0.15, 0.2) is 11.6 Å². The number of nitrogens with two attached hydrogens (primary N) is 1. The Hall–Kier alpha value is -2.13. The Kier molecular flexibility index (Phi) is 18.2. The highest BCUT2D eigenvalue weighted by Crippen LogP contribution is 2.08. The van der Waals surface area contributed by atoms with Gasteiger partial charge in [0.25, 0.3) is 0 Å². The molecule has 0 bridgehead atoms. The summed E-state index contributed by atoms with van der Waals surface area (Å²) in [7, 11) is 0. The van der Waals surface area contributed by atoms with Crippen LogP contribution in [-0.2, 0) is 28.6 Å². The average Bonchev–Trinajstić information content (AvgIpc) is 2.80. The van der Waals surface area contributed by atoms with Gasteiger partial charge >= 0.3 is 0 Å². The summed E-state index contributed by atoms with van der Waals surface area (Å²) in [6, 6.07) is 0. The van der Waals surface area contributed by atoms with E-state index >= 15 is 0 Å². The van der Waals surface area contributed by atoms with Gasteiger partial charge in [-0.3, -0.25) is 14.4 Å². The van der Waals surface area contributed by atoms with Gasteiger partial charge in [-0.05, 0) is 50.3 Å². The van der Waals surface area contributed by atoms with Crippen LogP contribution in [0.3, 0.4) is 0 Å². The maximum absolute atomic E-state index is 11.2. The van der Waals surface area contributed by atoms with Crippen molar-refractivity contribution in [2.24, 2.45) is 5.73 Å². The number of hydrogen-bond acceptors (Lipinski definition) is 7. The molecule has 8 heteroatoms. The molecule has 0 heterocycles. The van der Waals surface area contributed by atoms with Crippen LogP contribution >= 0.6 is 0 Å². The topological polar surface area (TPSA) is 117 Å². The van der Waals surface area contributed by atoms with Crippen molar-refractivity contribution in [2.75, 3.05) is 46.2 Å². The zero-order valence-electron chi connectivity index (χ0n) is 19.3. The van der Waals surface area contributed by atoms with Gasteiger partial charge < -0.3 is 25.3 Å². The Balaban J connectivity index is 4.27. The van der Waals surface area contributed by atoms with Crippen LogP contribution in [0.25, 0.3) is 0 Å². The molecule has 0 atom stereocenters. The SMILES string of the molecule is C=CC(=O)CCCCOCC(N)(COCCCCC(=O)C=C)COCCCNC(=O)C=C. The molecule has 0 aliphatic carbocycles. The Morgan fingerprint density at radius 2 is 1.16 bits per heavy atom. The second kappa shape index (κ2) is 19.5. The first-order valence-electron chi connectivity index (χ1n) is 11.1. The van der Waals surface area contributed by atoms with Crippen LogP contribution in [0.15, 0.2) is 38.0 Å². The summed E-state index contributed by atoms with van der Waals surface area (Å²) in [5, 5.41) is 2.68. The van der Waals surface area contributed by atoms with Gasteiger partial charge in [-0.15, -0.1) is 0 Å². The van der Waals surface area contributed by atoms with Gasteiger partial charge in [-0.2, -0.15) is 0 Å². The van der Waals surface area contributed by atoms with Crippen molar-refractivity contribution in [1.82, 2.24) is 5.32 Å². The lowest BCUT2D eigenvalue weighted by Crippen LogP contribution is -2.53. The fourth-order valence-electron chi connectivity index (χ4n) is 2.62. The molecule has 0 saturated carbocycles. The van der Waals surface area contributed by atoms with Crippen molar-refractivity contribution in [1.29, 1.82) is 0 Å². The molecule has 0 aliphatic rings. The summed E-state index contributed by atoms with van der Waals surface area (Å²) in [6.45, 7) is 13.0. The lowest BCUT2D eigenvalue weighted by molar-refractivity contribution is -0.116. The number of nitrogens with one attached hydrogen (secondary N) is 1. The third-order valence-electron chi connectivity index (χ3n) is 4.50. The summed E-state index contributed by atoms with van der Waals surface area (Å²) < 4.78 is 17.1. The van der Waals surface area contributed by atoms with E-state index in [2.05, 4.69) is 25.1 Å². The van der Waals surface area contributed by atoms with E-state index in [9.17, 15) is 14.4 Å². The lowest BCUT2D eigenvalue weighted by atomic mass is 10.1. The van der Waals surface area contributed by atoms with Crippen molar-refractivity contribution in [2.45, 2.75) is 50.5 Å². The first-order valence-corrected chi connectivity index (χ1v) is 11.1. The number of carbonyl (C=O) groups is 3. The molecule has 0 spiro atoms. The molecular weight excluding hydrogens is 412 g/mol. The molecular formula is C24H40N2O6. The predicted octanol–water partition coefficient (Wildman–Crippen LogP) is 2.28. The molecule has 0 aromatic heterocycles. The van der Waals surface area contributed by atoms with Gasteiger partial charge in [-0.1, -0.05) is 19.7 Å². The van der Waals surface area contributed by atoms with Crippen LogP contribution in [0.4, 0.5) is 0 Å². The summed E-state index contributed by atoms with van der Waals surface area (Å²) in [4.78, 5) is 33.6. The number of rotatable bonds is 23. The van der Waals surface area contributed by atoms with Crippen molar-refractivity contribution >= 4 is 17.5 Å². The van der Waals surface area contributed by atoms with Gasteiger partial charge in [0.1, 0.15) is 0 Å². The fraction of sp³-hybridized carbons (Fsp3) is 0.625. The van der Waals surface area contributed by atoms with Gasteiger partial charge in [0.05, 0.1) is 25.4 Å². The highest BCUT2D eigenvalue weighted by atomic mass is 16.5. The first kappa shape index (κ1) is 29.9. The smallest absolute Gasteiger partial charge is 0.243 e. The molecule has 32 heavy (non-hydrogen) atoms. The van der Waals surface area contributed by atoms with Gasteiger partial charge in [-0.25, -0.2) is 0 Å². The number of carbonyl (C=O) groups excluding carboxylic acids is 3. The zero-order valence-corrected chi connectivity index (χ0v) is 19.3. The van der Waals surface area contributed by atoms with Crippen LogP contribution in [0.2, 0.25) is 0 Å².